The van der Waals surface area contributed by atoms with Crippen LogP contribution in [-0.4, -0.2) is 54.0 Å². The van der Waals surface area contributed by atoms with Crippen molar-refractivity contribution < 1.29 is 24.6 Å². The summed E-state index contributed by atoms with van der Waals surface area (Å²) >= 11 is 0. The van der Waals surface area contributed by atoms with E-state index in [1.54, 1.807) is 18.3 Å². The Labute approximate surface area is 180 Å². The summed E-state index contributed by atoms with van der Waals surface area (Å²) in [5, 5.41) is 18.8. The second kappa shape index (κ2) is 8.17. The number of aliphatic carboxylic acids is 2. The molecule has 1 aliphatic heterocycles. The molecule has 1 atom stereocenters. The molecular formula is C21H21N5O6. The zero-order valence-electron chi connectivity index (χ0n) is 16.9. The number of rotatable bonds is 8. The predicted molar refractivity (Wildman–Crippen MR) is 113 cm³/mol. The third-order valence-corrected chi connectivity index (χ3v) is 5.62. The van der Waals surface area contributed by atoms with Crippen molar-refractivity contribution in [3.8, 4) is 0 Å². The number of aryl methyl sites for hydroxylation is 2. The van der Waals surface area contributed by atoms with E-state index in [-0.39, 0.29) is 30.9 Å². The average Bonchev–Trinajstić information content (AvgIpc) is 3.27. The second-order valence-corrected chi connectivity index (χ2v) is 7.70. The van der Waals surface area contributed by atoms with Crippen LogP contribution in [-0.2, 0) is 29.0 Å². The van der Waals surface area contributed by atoms with Crippen molar-refractivity contribution in [2.75, 3.05) is 5.73 Å². The first-order chi connectivity index (χ1) is 15.2. The van der Waals surface area contributed by atoms with E-state index >= 15 is 0 Å². The minimum absolute atomic E-state index is 0.0283. The number of benzene rings is 1. The summed E-state index contributed by atoms with van der Waals surface area (Å²) in [6.45, 7) is 0.121. The lowest BCUT2D eigenvalue weighted by atomic mass is 10.0. The van der Waals surface area contributed by atoms with Gasteiger partial charge in [-0.2, -0.15) is 4.98 Å². The zero-order chi connectivity index (χ0) is 23.0. The van der Waals surface area contributed by atoms with Gasteiger partial charge in [0.2, 0.25) is 5.95 Å². The highest BCUT2D eigenvalue weighted by Crippen LogP contribution is 2.28. The first-order valence-electron chi connectivity index (χ1n) is 9.97. The van der Waals surface area contributed by atoms with Crippen LogP contribution in [0.3, 0.4) is 0 Å². The van der Waals surface area contributed by atoms with Gasteiger partial charge in [0.1, 0.15) is 11.7 Å². The lowest BCUT2D eigenvalue weighted by molar-refractivity contribution is -0.143. The number of anilines is 1. The number of carbonyl (C=O) groups is 3. The van der Waals surface area contributed by atoms with Crippen LogP contribution in [0.4, 0.5) is 5.95 Å². The normalized spacial score (nSPS) is 14.0. The molecule has 0 bridgehead atoms. The molecule has 11 nitrogen and oxygen atoms in total. The number of aromatic amines is 2. The third-order valence-electron chi connectivity index (χ3n) is 5.62. The van der Waals surface area contributed by atoms with E-state index in [2.05, 4.69) is 15.0 Å². The maximum Gasteiger partial charge on any atom is 0.326 e. The molecule has 3 aromatic rings. The molecule has 0 spiro atoms. The van der Waals surface area contributed by atoms with Crippen LogP contribution < -0.4 is 11.3 Å². The summed E-state index contributed by atoms with van der Waals surface area (Å²) in [6.07, 6.45) is 2.25. The van der Waals surface area contributed by atoms with Crippen LogP contribution in [0.25, 0.3) is 11.0 Å². The lowest BCUT2D eigenvalue weighted by Crippen LogP contribution is -2.41. The Morgan fingerprint density at radius 2 is 2.00 bits per heavy atom. The number of carbonyl (C=O) groups excluding carboxylic acids is 1. The number of hydrogen-bond acceptors (Lipinski definition) is 6. The summed E-state index contributed by atoms with van der Waals surface area (Å²) in [5.74, 6) is -2.74. The molecule has 11 heteroatoms. The minimum Gasteiger partial charge on any atom is -0.481 e. The summed E-state index contributed by atoms with van der Waals surface area (Å²) in [4.78, 5) is 58.2. The van der Waals surface area contributed by atoms with Gasteiger partial charge in [0.15, 0.2) is 0 Å². The van der Waals surface area contributed by atoms with Crippen molar-refractivity contribution in [1.82, 2.24) is 19.9 Å². The number of nitrogens with zero attached hydrogens (tertiary/aromatic N) is 2. The molecule has 32 heavy (non-hydrogen) atoms. The Morgan fingerprint density at radius 3 is 2.72 bits per heavy atom. The Hall–Kier alpha value is -4.15. The summed E-state index contributed by atoms with van der Waals surface area (Å²) in [5.41, 5.74) is 8.36. The molecule has 1 amide bonds. The number of nitrogens with one attached hydrogen (secondary N) is 2. The fourth-order valence-corrected chi connectivity index (χ4v) is 4.05. The molecule has 0 saturated heterocycles. The van der Waals surface area contributed by atoms with E-state index in [9.17, 15) is 24.3 Å². The zero-order valence-corrected chi connectivity index (χ0v) is 16.9. The van der Waals surface area contributed by atoms with Gasteiger partial charge in [-0.1, -0.05) is 12.1 Å². The van der Waals surface area contributed by atoms with Crippen molar-refractivity contribution in [3.05, 3.63) is 57.0 Å². The number of carboxylic acid groups (broad SMARTS) is 2. The highest BCUT2D eigenvalue weighted by atomic mass is 16.4. The van der Waals surface area contributed by atoms with E-state index in [4.69, 9.17) is 10.8 Å². The first kappa shape index (κ1) is 21.1. The van der Waals surface area contributed by atoms with Gasteiger partial charge >= 0.3 is 11.9 Å². The Kier molecular flexibility index (Phi) is 5.39. The topological polar surface area (TPSA) is 182 Å². The molecular weight excluding hydrogens is 418 g/mol. The SMILES string of the molecule is Nc1nc2[nH]cc(CCc3ccc4c(c3)C(=O)N([C@@H](CCC(=O)O)C(=O)O)C4)c2c(=O)[nH]1. The molecule has 0 fully saturated rings. The molecule has 1 aliphatic rings. The van der Waals surface area contributed by atoms with Crippen LogP contribution in [0.15, 0.2) is 29.2 Å². The van der Waals surface area contributed by atoms with E-state index in [0.717, 1.165) is 11.1 Å². The fourth-order valence-electron chi connectivity index (χ4n) is 4.05. The molecule has 1 aromatic carbocycles. The van der Waals surface area contributed by atoms with Gasteiger partial charge in [-0.25, -0.2) is 4.79 Å². The molecule has 4 rings (SSSR count). The quantitative estimate of drug-likeness (QED) is 0.343. The molecule has 0 saturated carbocycles. The number of carboxylic acids is 2. The number of fused-ring (bicyclic) bond motifs is 2. The Balaban J connectivity index is 1.51. The van der Waals surface area contributed by atoms with Crippen molar-refractivity contribution in [2.45, 2.75) is 38.3 Å². The van der Waals surface area contributed by atoms with Gasteiger partial charge in [0, 0.05) is 24.7 Å². The third kappa shape index (κ3) is 3.92. The highest BCUT2D eigenvalue weighted by Gasteiger charge is 2.36. The number of nitrogens with two attached hydrogens (primary N) is 1. The van der Waals surface area contributed by atoms with Crippen LogP contribution >= 0.6 is 0 Å². The smallest absolute Gasteiger partial charge is 0.326 e. The number of nitrogen functional groups attached to an aromatic ring is 1. The minimum atomic E-state index is -1.23. The number of hydrogen-bond donors (Lipinski definition) is 5. The molecule has 0 aliphatic carbocycles. The maximum absolute atomic E-state index is 12.9. The Bertz CT molecular complexity index is 1290. The van der Waals surface area contributed by atoms with Gasteiger partial charge < -0.3 is 25.8 Å². The maximum atomic E-state index is 12.9. The first-order valence-corrected chi connectivity index (χ1v) is 9.97. The highest BCUT2D eigenvalue weighted by molar-refractivity contribution is 6.00. The molecule has 2 aromatic heterocycles. The van der Waals surface area contributed by atoms with E-state index < -0.39 is 23.9 Å². The molecule has 3 heterocycles. The van der Waals surface area contributed by atoms with Crippen molar-refractivity contribution in [3.63, 3.8) is 0 Å². The van der Waals surface area contributed by atoms with Crippen LogP contribution in [0.2, 0.25) is 0 Å². The number of H-pyrrole nitrogens is 2. The van der Waals surface area contributed by atoms with Crippen molar-refractivity contribution in [2.24, 2.45) is 0 Å². The van der Waals surface area contributed by atoms with E-state index in [1.165, 1.54) is 4.90 Å². The van der Waals surface area contributed by atoms with Crippen LogP contribution in [0.5, 0.6) is 0 Å². The van der Waals surface area contributed by atoms with Gasteiger partial charge in [0.25, 0.3) is 11.5 Å². The van der Waals surface area contributed by atoms with E-state index in [0.29, 0.717) is 35.0 Å². The standard InChI is InChI=1S/C21H21N5O6/c22-21-24-17-16(18(29)25-21)11(8-23-17)3-1-10-2-4-12-9-26(19(30)13(12)7-10)14(20(31)32)5-6-15(27)28/h2,4,7-8,14H,1,3,5-6,9H2,(H,27,28)(H,31,32)(H4,22,23,24,25,29)/t14-/m0/s1. The molecule has 0 radical (unpaired) electrons. The van der Waals surface area contributed by atoms with Crippen molar-refractivity contribution >= 4 is 34.8 Å². The van der Waals surface area contributed by atoms with Gasteiger partial charge in [-0.3, -0.25) is 19.4 Å². The predicted octanol–water partition coefficient (Wildman–Crippen LogP) is 0.892. The molecule has 166 valence electrons. The van der Waals surface area contributed by atoms with Gasteiger partial charge in [-0.05, 0) is 42.0 Å². The second-order valence-electron chi connectivity index (χ2n) is 7.70. The van der Waals surface area contributed by atoms with Gasteiger partial charge in [0.05, 0.1) is 5.39 Å². The molecule has 6 N–H and O–H groups in total. The van der Waals surface area contributed by atoms with Crippen molar-refractivity contribution in [1.29, 1.82) is 0 Å². The largest absolute Gasteiger partial charge is 0.481 e. The average molecular weight is 439 g/mol. The number of amides is 1. The van der Waals surface area contributed by atoms with Gasteiger partial charge in [-0.15, -0.1) is 0 Å². The summed E-state index contributed by atoms with van der Waals surface area (Å²) < 4.78 is 0. The van der Waals surface area contributed by atoms with E-state index in [1.807, 2.05) is 6.07 Å². The van der Waals surface area contributed by atoms with Crippen LogP contribution in [0.1, 0.15) is 39.9 Å². The summed E-state index contributed by atoms with van der Waals surface area (Å²) in [6, 6.07) is 4.16. The fraction of sp³-hybridized carbons (Fsp3) is 0.286. The Morgan fingerprint density at radius 1 is 1.22 bits per heavy atom. The summed E-state index contributed by atoms with van der Waals surface area (Å²) in [7, 11) is 0. The van der Waals surface area contributed by atoms with Crippen LogP contribution in [0, 0.1) is 0 Å². The number of aromatic nitrogens is 3. The lowest BCUT2D eigenvalue weighted by Gasteiger charge is -2.23. The monoisotopic (exact) mass is 439 g/mol. The molecule has 0 unspecified atom stereocenters.